The number of rotatable bonds is 54. The van der Waals surface area contributed by atoms with Crippen molar-refractivity contribution in [2.45, 2.75) is 322 Å². The SMILES string of the molecule is CCCCCCCCCCCCCN(CCCCCCCCCCCCC)C(c1ccc(C(c2ccccc2O)N(CCCCCCCCCCCCC)CCCCCCCCCCCCC)cc1)c1ccccc1O. The summed E-state index contributed by atoms with van der Waals surface area (Å²) in [6.45, 7) is 13.4. The molecule has 3 rings (SSSR count). The van der Waals surface area contributed by atoms with Gasteiger partial charge < -0.3 is 10.2 Å². The van der Waals surface area contributed by atoms with Crippen molar-refractivity contribution in [2.75, 3.05) is 26.2 Å². The Hall–Kier alpha value is -2.82. The third-order valence-electron chi connectivity index (χ3n) is 17.0. The van der Waals surface area contributed by atoms with Gasteiger partial charge in [0.25, 0.3) is 0 Å². The molecular weight excluding hydrogens is 925 g/mol. The molecule has 0 aliphatic carbocycles. The lowest BCUT2D eigenvalue weighted by molar-refractivity contribution is 0.209. The third-order valence-corrected chi connectivity index (χ3v) is 17.0. The average Bonchev–Trinajstić information content (AvgIpc) is 3.43. The number of unbranched alkanes of at least 4 members (excludes halogenated alkanes) is 40. The second kappa shape index (κ2) is 48.1. The van der Waals surface area contributed by atoms with Crippen molar-refractivity contribution in [3.63, 3.8) is 0 Å². The predicted molar refractivity (Wildman–Crippen MR) is 335 cm³/mol. The predicted octanol–water partition coefficient (Wildman–Crippen LogP) is 23.1. The molecule has 0 aliphatic rings. The summed E-state index contributed by atoms with van der Waals surface area (Å²) in [4.78, 5) is 5.47. The summed E-state index contributed by atoms with van der Waals surface area (Å²) in [5.74, 6) is 0.799. The summed E-state index contributed by atoms with van der Waals surface area (Å²) in [5.41, 5.74) is 4.56. The number of nitrogens with zero attached hydrogens (tertiary/aromatic N) is 2. The molecular formula is C72H124N2O2. The Balaban J connectivity index is 1.84. The van der Waals surface area contributed by atoms with Crippen LogP contribution >= 0.6 is 0 Å². The molecule has 0 heterocycles. The Morgan fingerprint density at radius 1 is 0.250 bits per heavy atom. The maximum absolute atomic E-state index is 11.7. The maximum Gasteiger partial charge on any atom is 0.120 e. The number of phenolic OH excluding ortho intramolecular Hbond substituents is 2. The van der Waals surface area contributed by atoms with E-state index in [1.54, 1.807) is 0 Å². The van der Waals surface area contributed by atoms with Gasteiger partial charge in [0.1, 0.15) is 11.5 Å². The molecule has 76 heavy (non-hydrogen) atoms. The molecule has 2 atom stereocenters. The van der Waals surface area contributed by atoms with Gasteiger partial charge in [0.2, 0.25) is 0 Å². The normalized spacial score (nSPS) is 12.6. The number of hydrogen-bond acceptors (Lipinski definition) is 4. The van der Waals surface area contributed by atoms with Crippen LogP contribution in [0.1, 0.15) is 345 Å². The summed E-state index contributed by atoms with van der Waals surface area (Å²) in [7, 11) is 0. The standard InChI is InChI=1S/C72H124N2O2/c1-5-9-13-17-21-25-29-33-37-41-49-61-73(62-50-42-38-34-30-26-22-18-14-10-6-2)71(67-53-45-47-55-69(67)75)65-57-59-66(60-58-65)72(68-54-46-48-56-70(68)76)74(63-51-43-39-35-31-27-23-19-15-11-7-3)64-52-44-40-36-32-28-24-20-16-12-8-4/h45-48,53-60,71-72,75-76H,5-44,49-52,61-64H2,1-4H3. The molecule has 0 bridgehead atoms. The van der Waals surface area contributed by atoms with Crippen LogP contribution in [0.3, 0.4) is 0 Å². The lowest BCUT2D eigenvalue weighted by atomic mass is 9.91. The first-order valence-electron chi connectivity index (χ1n) is 33.7. The van der Waals surface area contributed by atoms with E-state index in [1.165, 1.54) is 294 Å². The van der Waals surface area contributed by atoms with Crippen molar-refractivity contribution in [1.82, 2.24) is 9.80 Å². The van der Waals surface area contributed by atoms with Crippen molar-refractivity contribution >= 4 is 0 Å². The second-order valence-corrected chi connectivity index (χ2v) is 23.8. The van der Waals surface area contributed by atoms with Crippen LogP contribution in [0.5, 0.6) is 11.5 Å². The molecule has 0 saturated heterocycles. The van der Waals surface area contributed by atoms with E-state index in [9.17, 15) is 10.2 Å². The highest BCUT2D eigenvalue weighted by Gasteiger charge is 2.28. The summed E-state index contributed by atoms with van der Waals surface area (Å²) in [6, 6.07) is 25.8. The zero-order valence-corrected chi connectivity index (χ0v) is 50.8. The van der Waals surface area contributed by atoms with Crippen LogP contribution in [-0.2, 0) is 0 Å². The minimum atomic E-state index is -0.0196. The van der Waals surface area contributed by atoms with Crippen molar-refractivity contribution in [2.24, 2.45) is 0 Å². The molecule has 3 aromatic carbocycles. The molecule has 3 aromatic rings. The fraction of sp³-hybridized carbons (Fsp3) is 0.750. The van der Waals surface area contributed by atoms with Gasteiger partial charge in [0.05, 0.1) is 12.1 Å². The molecule has 0 aromatic heterocycles. The molecule has 0 saturated carbocycles. The summed E-state index contributed by atoms with van der Waals surface area (Å²) >= 11 is 0. The van der Waals surface area contributed by atoms with E-state index in [0.29, 0.717) is 11.5 Å². The lowest BCUT2D eigenvalue weighted by Gasteiger charge is -2.35. The van der Waals surface area contributed by atoms with E-state index >= 15 is 0 Å². The van der Waals surface area contributed by atoms with Gasteiger partial charge in [-0.3, -0.25) is 9.80 Å². The quantitative estimate of drug-likeness (QED) is 0.0553. The van der Waals surface area contributed by atoms with E-state index in [-0.39, 0.29) is 12.1 Å². The van der Waals surface area contributed by atoms with E-state index < -0.39 is 0 Å². The highest BCUT2D eigenvalue weighted by molar-refractivity contribution is 5.45. The largest absolute Gasteiger partial charge is 0.508 e. The minimum Gasteiger partial charge on any atom is -0.508 e. The van der Waals surface area contributed by atoms with Crippen molar-refractivity contribution in [3.8, 4) is 11.5 Å². The average molecular weight is 1050 g/mol. The summed E-state index contributed by atoms with van der Waals surface area (Å²) in [5, 5.41) is 23.3. The summed E-state index contributed by atoms with van der Waals surface area (Å²) < 4.78 is 0. The Bertz CT molecular complexity index is 1530. The number of benzene rings is 3. The zero-order chi connectivity index (χ0) is 54.2. The third kappa shape index (κ3) is 31.7. The Morgan fingerprint density at radius 3 is 0.632 bits per heavy atom. The van der Waals surface area contributed by atoms with Gasteiger partial charge in [-0.15, -0.1) is 0 Å². The molecule has 0 amide bonds. The Morgan fingerprint density at radius 2 is 0.434 bits per heavy atom. The molecule has 2 unspecified atom stereocenters. The first-order chi connectivity index (χ1) is 37.5. The topological polar surface area (TPSA) is 46.9 Å². The van der Waals surface area contributed by atoms with Gasteiger partial charge in [0.15, 0.2) is 0 Å². The Kier molecular flexibility index (Phi) is 42.7. The first kappa shape index (κ1) is 67.5. The molecule has 2 N–H and O–H groups in total. The van der Waals surface area contributed by atoms with Crippen LogP contribution in [-0.4, -0.2) is 46.2 Å². The second-order valence-electron chi connectivity index (χ2n) is 23.8. The van der Waals surface area contributed by atoms with Crippen LogP contribution in [0, 0.1) is 0 Å². The number of para-hydroxylation sites is 2. The highest BCUT2D eigenvalue weighted by Crippen LogP contribution is 2.39. The Labute approximate surface area is 472 Å². The van der Waals surface area contributed by atoms with E-state index in [1.807, 2.05) is 24.3 Å². The van der Waals surface area contributed by atoms with Crippen LogP contribution in [0.15, 0.2) is 72.8 Å². The fourth-order valence-electron chi connectivity index (χ4n) is 12.1. The van der Waals surface area contributed by atoms with Crippen molar-refractivity contribution in [1.29, 1.82) is 0 Å². The molecule has 4 heteroatoms. The van der Waals surface area contributed by atoms with Gasteiger partial charge in [-0.25, -0.2) is 0 Å². The van der Waals surface area contributed by atoms with Crippen LogP contribution in [0.4, 0.5) is 0 Å². The molecule has 0 fully saturated rings. The molecule has 0 aliphatic heterocycles. The minimum absolute atomic E-state index is 0.0196. The zero-order valence-electron chi connectivity index (χ0n) is 50.8. The van der Waals surface area contributed by atoms with Crippen molar-refractivity contribution in [3.05, 3.63) is 95.1 Å². The molecule has 4 nitrogen and oxygen atoms in total. The smallest absolute Gasteiger partial charge is 0.120 e. The number of phenols is 2. The summed E-state index contributed by atoms with van der Waals surface area (Å²) in [6.07, 6.45) is 59.3. The van der Waals surface area contributed by atoms with Crippen LogP contribution in [0.25, 0.3) is 0 Å². The molecule has 434 valence electrons. The van der Waals surface area contributed by atoms with Gasteiger partial charge in [-0.1, -0.05) is 345 Å². The first-order valence-corrected chi connectivity index (χ1v) is 33.7. The van der Waals surface area contributed by atoms with Gasteiger partial charge in [0, 0.05) is 11.1 Å². The molecule has 0 radical (unpaired) electrons. The van der Waals surface area contributed by atoms with Gasteiger partial charge in [-0.2, -0.15) is 0 Å². The van der Waals surface area contributed by atoms with Crippen molar-refractivity contribution < 1.29 is 10.2 Å². The van der Waals surface area contributed by atoms with Gasteiger partial charge in [-0.05, 0) is 75.1 Å². The maximum atomic E-state index is 11.7. The highest BCUT2D eigenvalue weighted by atomic mass is 16.3. The van der Waals surface area contributed by atoms with Crippen LogP contribution < -0.4 is 0 Å². The number of hydrogen-bond donors (Lipinski definition) is 2. The molecule has 0 spiro atoms. The lowest BCUT2D eigenvalue weighted by Crippen LogP contribution is -2.33. The number of aromatic hydroxyl groups is 2. The fourth-order valence-corrected chi connectivity index (χ4v) is 12.1. The van der Waals surface area contributed by atoms with E-state index in [4.69, 9.17) is 0 Å². The monoisotopic (exact) mass is 1050 g/mol. The van der Waals surface area contributed by atoms with Crippen LogP contribution in [0.2, 0.25) is 0 Å². The van der Waals surface area contributed by atoms with Gasteiger partial charge >= 0.3 is 0 Å². The van der Waals surface area contributed by atoms with E-state index in [2.05, 4.69) is 86.0 Å². The van der Waals surface area contributed by atoms with E-state index in [0.717, 1.165) is 37.3 Å².